The molecule has 102 valence electrons. The number of nitrogens with zero attached hydrogens (tertiary/aromatic N) is 4. The molecule has 0 radical (unpaired) electrons. The number of carbonyl (C=O) groups is 1. The highest BCUT2D eigenvalue weighted by Gasteiger charge is 2.16. The summed E-state index contributed by atoms with van der Waals surface area (Å²) in [7, 11) is 1.66. The summed E-state index contributed by atoms with van der Waals surface area (Å²) >= 11 is 0. The van der Waals surface area contributed by atoms with Gasteiger partial charge in [-0.3, -0.25) is 14.9 Å². The third-order valence-electron chi connectivity index (χ3n) is 2.55. The van der Waals surface area contributed by atoms with Crippen LogP contribution in [0.4, 0.5) is 0 Å². The van der Waals surface area contributed by atoms with Crippen molar-refractivity contribution in [2.24, 2.45) is 0 Å². The highest BCUT2D eigenvalue weighted by Crippen LogP contribution is 2.10. The molecule has 0 aliphatic carbocycles. The molecule has 0 aromatic carbocycles. The molecule has 0 aliphatic rings. The van der Waals surface area contributed by atoms with Crippen molar-refractivity contribution in [3.63, 3.8) is 0 Å². The molecule has 2 aromatic heterocycles. The molecule has 1 amide bonds. The summed E-state index contributed by atoms with van der Waals surface area (Å²) in [4.78, 5) is 21.8. The lowest BCUT2D eigenvalue weighted by Crippen LogP contribution is -2.27. The van der Waals surface area contributed by atoms with Crippen molar-refractivity contribution in [3.8, 4) is 11.8 Å². The number of aromatic amines is 1. The number of H-pyrrole nitrogens is 1. The Morgan fingerprint density at radius 3 is 3.10 bits per heavy atom. The average Bonchev–Trinajstić information content (AvgIpc) is 2.97. The van der Waals surface area contributed by atoms with E-state index < -0.39 is 0 Å². The van der Waals surface area contributed by atoms with Crippen molar-refractivity contribution in [1.82, 2.24) is 25.1 Å². The third kappa shape index (κ3) is 3.18. The molecule has 0 unspecified atom stereocenters. The van der Waals surface area contributed by atoms with Crippen molar-refractivity contribution in [3.05, 3.63) is 41.7 Å². The van der Waals surface area contributed by atoms with E-state index in [4.69, 9.17) is 5.11 Å². The van der Waals surface area contributed by atoms with Gasteiger partial charge in [-0.25, -0.2) is 4.98 Å². The van der Waals surface area contributed by atoms with Gasteiger partial charge >= 0.3 is 0 Å². The van der Waals surface area contributed by atoms with Gasteiger partial charge in [-0.2, -0.15) is 5.10 Å². The first-order valence-corrected chi connectivity index (χ1v) is 5.86. The fourth-order valence-corrected chi connectivity index (χ4v) is 1.62. The normalized spacial score (nSPS) is 9.70. The maximum Gasteiger partial charge on any atom is 0.255 e. The summed E-state index contributed by atoms with van der Waals surface area (Å²) < 4.78 is 0. The van der Waals surface area contributed by atoms with Gasteiger partial charge in [0.05, 0.1) is 17.7 Å². The van der Waals surface area contributed by atoms with Crippen LogP contribution in [0.3, 0.4) is 0 Å². The Bertz CT molecular complexity index is 642. The van der Waals surface area contributed by atoms with Gasteiger partial charge in [-0.05, 0) is 6.07 Å². The smallest absolute Gasteiger partial charge is 0.255 e. The largest absolute Gasteiger partial charge is 0.384 e. The lowest BCUT2D eigenvalue weighted by Gasteiger charge is -2.16. The van der Waals surface area contributed by atoms with Crippen molar-refractivity contribution in [1.29, 1.82) is 0 Å². The first-order valence-electron chi connectivity index (χ1n) is 5.86. The quantitative estimate of drug-likeness (QED) is 0.755. The zero-order valence-electron chi connectivity index (χ0n) is 10.9. The Balaban J connectivity index is 2.20. The molecular weight excluding hydrogens is 258 g/mol. The van der Waals surface area contributed by atoms with E-state index in [9.17, 15) is 4.79 Å². The molecule has 0 aliphatic heterocycles. The fraction of sp³-hybridized carbons (Fsp3) is 0.231. The molecule has 0 spiro atoms. The number of amides is 1. The molecule has 2 N–H and O–H groups in total. The van der Waals surface area contributed by atoms with Crippen LogP contribution in [0.1, 0.15) is 21.7 Å². The summed E-state index contributed by atoms with van der Waals surface area (Å²) in [5.74, 6) is 5.61. The molecular formula is C13H13N5O2. The lowest BCUT2D eigenvalue weighted by molar-refractivity contribution is 0.0781. The number of aromatic nitrogens is 4. The molecule has 0 bridgehead atoms. The molecule has 20 heavy (non-hydrogen) atoms. The first-order chi connectivity index (χ1) is 9.72. The van der Waals surface area contributed by atoms with E-state index in [1.807, 2.05) is 0 Å². The maximum atomic E-state index is 12.4. The summed E-state index contributed by atoms with van der Waals surface area (Å²) in [6, 6.07) is 1.60. The summed E-state index contributed by atoms with van der Waals surface area (Å²) in [6.07, 6.45) is 4.41. The van der Waals surface area contributed by atoms with E-state index in [2.05, 4.69) is 32.0 Å². The van der Waals surface area contributed by atoms with E-state index in [0.717, 1.165) is 0 Å². The van der Waals surface area contributed by atoms with Crippen molar-refractivity contribution in [2.45, 2.75) is 6.54 Å². The molecule has 7 heteroatoms. The van der Waals surface area contributed by atoms with Crippen LogP contribution in [0.25, 0.3) is 0 Å². The molecule has 7 nitrogen and oxygen atoms in total. The molecule has 0 atom stereocenters. The second-order valence-electron chi connectivity index (χ2n) is 3.97. The second-order valence-corrected chi connectivity index (χ2v) is 3.97. The van der Waals surface area contributed by atoms with Crippen LogP contribution in [-0.2, 0) is 6.54 Å². The minimum Gasteiger partial charge on any atom is -0.384 e. The molecule has 0 fully saturated rings. The van der Waals surface area contributed by atoms with Crippen molar-refractivity contribution in [2.75, 3.05) is 13.7 Å². The van der Waals surface area contributed by atoms with E-state index in [-0.39, 0.29) is 12.5 Å². The minimum atomic E-state index is -0.267. The Kier molecular flexibility index (Phi) is 4.42. The highest BCUT2D eigenvalue weighted by atomic mass is 16.2. The molecule has 0 saturated heterocycles. The average molecular weight is 271 g/mol. The zero-order chi connectivity index (χ0) is 14.4. The van der Waals surface area contributed by atoms with Crippen molar-refractivity contribution < 1.29 is 9.90 Å². The van der Waals surface area contributed by atoms with Crippen LogP contribution in [0.15, 0.2) is 24.8 Å². The van der Waals surface area contributed by atoms with E-state index >= 15 is 0 Å². The second kappa shape index (κ2) is 6.45. The van der Waals surface area contributed by atoms with Gasteiger partial charge < -0.3 is 10.0 Å². The highest BCUT2D eigenvalue weighted by molar-refractivity contribution is 5.96. The summed E-state index contributed by atoms with van der Waals surface area (Å²) in [5, 5.41) is 15.2. The van der Waals surface area contributed by atoms with Crippen LogP contribution >= 0.6 is 0 Å². The molecule has 2 rings (SSSR count). The zero-order valence-corrected chi connectivity index (χ0v) is 10.9. The third-order valence-corrected chi connectivity index (χ3v) is 2.55. The number of aliphatic hydroxyl groups is 1. The van der Waals surface area contributed by atoms with Crippen LogP contribution in [0.2, 0.25) is 0 Å². The molecule has 2 aromatic rings. The summed E-state index contributed by atoms with van der Waals surface area (Å²) in [6.45, 7) is 0.0461. The first kappa shape index (κ1) is 13.7. The van der Waals surface area contributed by atoms with Gasteiger partial charge in [0.15, 0.2) is 0 Å². The number of hydrogen-bond acceptors (Lipinski definition) is 5. The Hall–Kier alpha value is -2.72. The van der Waals surface area contributed by atoms with Gasteiger partial charge in [0.25, 0.3) is 5.91 Å². The van der Waals surface area contributed by atoms with Crippen LogP contribution < -0.4 is 0 Å². The van der Waals surface area contributed by atoms with Gasteiger partial charge in [0, 0.05) is 19.4 Å². The van der Waals surface area contributed by atoms with Crippen molar-refractivity contribution >= 4 is 5.91 Å². The Labute approximate surface area is 115 Å². The lowest BCUT2D eigenvalue weighted by atomic mass is 10.1. The predicted octanol–water partition coefficient (Wildman–Crippen LogP) is -0.184. The summed E-state index contributed by atoms with van der Waals surface area (Å²) in [5.41, 5.74) is 0.916. The number of hydrogen-bond donors (Lipinski definition) is 2. The van der Waals surface area contributed by atoms with E-state index in [0.29, 0.717) is 23.5 Å². The minimum absolute atomic E-state index is 0.203. The topological polar surface area (TPSA) is 95.0 Å². The fourth-order valence-electron chi connectivity index (χ4n) is 1.62. The van der Waals surface area contributed by atoms with Crippen LogP contribution in [-0.4, -0.2) is 49.7 Å². The number of rotatable bonds is 3. The Morgan fingerprint density at radius 2 is 2.40 bits per heavy atom. The number of aliphatic hydroxyl groups excluding tert-OH is 1. The van der Waals surface area contributed by atoms with E-state index in [1.165, 1.54) is 23.6 Å². The SMILES string of the molecule is CN(Cc1ncn[nH]1)C(=O)c1ccncc1C#CCO. The van der Waals surface area contributed by atoms with Gasteiger partial charge in [-0.15, -0.1) is 0 Å². The standard InChI is InChI=1S/C13H13N5O2/c1-18(8-12-15-9-16-17-12)13(20)11-4-5-14-7-10(11)3-2-6-19/h4-5,7,9,19H,6,8H2,1H3,(H,15,16,17). The van der Waals surface area contributed by atoms with Gasteiger partial charge in [-0.1, -0.05) is 11.8 Å². The molecule has 0 saturated carbocycles. The maximum absolute atomic E-state index is 12.4. The number of carbonyl (C=O) groups excluding carboxylic acids is 1. The van der Waals surface area contributed by atoms with Crippen LogP contribution in [0.5, 0.6) is 0 Å². The predicted molar refractivity (Wildman–Crippen MR) is 70.4 cm³/mol. The van der Waals surface area contributed by atoms with Gasteiger partial charge in [0.1, 0.15) is 18.8 Å². The van der Waals surface area contributed by atoms with Gasteiger partial charge in [0.2, 0.25) is 0 Å². The monoisotopic (exact) mass is 271 g/mol. The number of pyridine rings is 1. The number of nitrogens with one attached hydrogen (secondary N) is 1. The molecule has 2 heterocycles. The Morgan fingerprint density at radius 1 is 1.55 bits per heavy atom. The van der Waals surface area contributed by atoms with E-state index in [1.54, 1.807) is 13.1 Å². The van der Waals surface area contributed by atoms with Crippen LogP contribution in [0, 0.1) is 11.8 Å².